The molecule has 5 nitrogen and oxygen atoms in total. The molecule has 2 aromatic rings. The molecule has 2 aromatic carbocycles. The van der Waals surface area contributed by atoms with E-state index in [4.69, 9.17) is 14.2 Å². The molecule has 0 spiro atoms. The monoisotopic (exact) mass is 412 g/mol. The van der Waals surface area contributed by atoms with Gasteiger partial charge in [-0.3, -0.25) is 4.79 Å². The number of carbonyl (C=O) groups is 2. The van der Waals surface area contributed by atoms with Gasteiger partial charge in [0, 0.05) is 5.41 Å². The van der Waals surface area contributed by atoms with Crippen LogP contribution in [0, 0.1) is 19.3 Å². The van der Waals surface area contributed by atoms with Crippen LogP contribution in [0.25, 0.3) is 0 Å². The average molecular weight is 413 g/mol. The Kier molecular flexibility index (Phi) is 8.04. The highest BCUT2D eigenvalue weighted by Gasteiger charge is 2.21. The normalized spacial score (nSPS) is 11.1. The largest absolute Gasteiger partial charge is 0.486 e. The van der Waals surface area contributed by atoms with Gasteiger partial charge in [0.1, 0.15) is 18.1 Å². The summed E-state index contributed by atoms with van der Waals surface area (Å²) >= 11 is 0. The van der Waals surface area contributed by atoms with Crippen molar-refractivity contribution in [1.82, 2.24) is 0 Å². The number of ketones is 1. The Labute approximate surface area is 179 Å². The summed E-state index contributed by atoms with van der Waals surface area (Å²) in [6.45, 7) is 11.7. The number of hydrogen-bond donors (Lipinski definition) is 0. The van der Waals surface area contributed by atoms with Gasteiger partial charge >= 0.3 is 5.97 Å². The Morgan fingerprint density at radius 3 is 1.77 bits per heavy atom. The fraction of sp³-hybridized carbons (Fsp3) is 0.440. The van der Waals surface area contributed by atoms with Crippen molar-refractivity contribution in [2.24, 2.45) is 5.41 Å². The van der Waals surface area contributed by atoms with Crippen molar-refractivity contribution in [3.8, 4) is 11.5 Å². The maximum atomic E-state index is 12.1. The summed E-state index contributed by atoms with van der Waals surface area (Å²) in [6.07, 6.45) is 0.765. The molecule has 0 aliphatic carbocycles. The van der Waals surface area contributed by atoms with E-state index < -0.39 is 5.41 Å². The summed E-state index contributed by atoms with van der Waals surface area (Å²) in [6, 6.07) is 12.0. The number of Topliss-reactive ketones (excluding diaryl/α,β-unsaturated/α-hetero) is 1. The quantitative estimate of drug-likeness (QED) is 0.552. The van der Waals surface area contributed by atoms with Crippen LogP contribution in [0.4, 0.5) is 0 Å². The predicted molar refractivity (Wildman–Crippen MR) is 117 cm³/mol. The highest BCUT2D eigenvalue weighted by molar-refractivity contribution is 5.85. The van der Waals surface area contributed by atoms with Gasteiger partial charge in [-0.2, -0.15) is 0 Å². The third-order valence-corrected chi connectivity index (χ3v) is 4.73. The fourth-order valence-corrected chi connectivity index (χ4v) is 2.90. The van der Waals surface area contributed by atoms with Gasteiger partial charge in [-0.05, 0) is 61.6 Å². The maximum absolute atomic E-state index is 12.1. The van der Waals surface area contributed by atoms with E-state index in [-0.39, 0.29) is 25.0 Å². The summed E-state index contributed by atoms with van der Waals surface area (Å²) in [7, 11) is 0. The van der Waals surface area contributed by atoms with E-state index in [1.165, 1.54) is 0 Å². The molecule has 0 amide bonds. The zero-order valence-corrected chi connectivity index (χ0v) is 18.8. The standard InChI is InChI=1S/C25H32O5/c1-7-28-24(27)16-30-22-11-9-20(13-18(22)3)14-19-8-10-21(17(2)12-19)29-15-23(26)25(4,5)6/h8-13H,7,14-16H2,1-6H3. The summed E-state index contributed by atoms with van der Waals surface area (Å²) < 4.78 is 16.1. The van der Waals surface area contributed by atoms with Crippen LogP contribution in [0.15, 0.2) is 36.4 Å². The van der Waals surface area contributed by atoms with Gasteiger partial charge in [0.15, 0.2) is 12.4 Å². The third kappa shape index (κ3) is 6.90. The molecule has 0 fully saturated rings. The van der Waals surface area contributed by atoms with Gasteiger partial charge in [-0.25, -0.2) is 4.79 Å². The number of aryl methyl sites for hydroxylation is 2. The van der Waals surface area contributed by atoms with E-state index in [1.54, 1.807) is 6.92 Å². The third-order valence-electron chi connectivity index (χ3n) is 4.73. The van der Waals surface area contributed by atoms with Crippen molar-refractivity contribution in [1.29, 1.82) is 0 Å². The van der Waals surface area contributed by atoms with E-state index in [9.17, 15) is 9.59 Å². The van der Waals surface area contributed by atoms with Gasteiger partial charge in [0.05, 0.1) is 6.61 Å². The van der Waals surface area contributed by atoms with Crippen molar-refractivity contribution in [3.63, 3.8) is 0 Å². The zero-order chi connectivity index (χ0) is 22.3. The van der Waals surface area contributed by atoms with Gasteiger partial charge < -0.3 is 14.2 Å². The number of hydrogen-bond acceptors (Lipinski definition) is 5. The van der Waals surface area contributed by atoms with Gasteiger partial charge in [0.2, 0.25) is 0 Å². The summed E-state index contributed by atoms with van der Waals surface area (Å²) in [5.74, 6) is 1.11. The molecular weight excluding hydrogens is 380 g/mol. The lowest BCUT2D eigenvalue weighted by molar-refractivity contribution is -0.145. The first-order chi connectivity index (χ1) is 14.1. The van der Waals surface area contributed by atoms with Gasteiger partial charge in [-0.15, -0.1) is 0 Å². The molecule has 0 bridgehead atoms. The topological polar surface area (TPSA) is 61.8 Å². The van der Waals surface area contributed by atoms with Crippen LogP contribution in [0.2, 0.25) is 0 Å². The van der Waals surface area contributed by atoms with Crippen LogP contribution in [0.1, 0.15) is 49.9 Å². The highest BCUT2D eigenvalue weighted by atomic mass is 16.6. The Balaban J connectivity index is 1.99. The van der Waals surface area contributed by atoms with Crippen LogP contribution in [-0.2, 0) is 20.7 Å². The molecule has 0 N–H and O–H groups in total. The summed E-state index contributed by atoms with van der Waals surface area (Å²) in [5, 5.41) is 0. The van der Waals surface area contributed by atoms with E-state index in [0.29, 0.717) is 12.4 Å². The number of rotatable bonds is 9. The Hall–Kier alpha value is -2.82. The minimum absolute atomic E-state index is 0.0757. The summed E-state index contributed by atoms with van der Waals surface area (Å²) in [4.78, 5) is 23.5. The number of carbonyl (C=O) groups excluding carboxylic acids is 2. The molecule has 2 rings (SSSR count). The second kappa shape index (κ2) is 10.3. The first kappa shape index (κ1) is 23.5. The highest BCUT2D eigenvalue weighted by Crippen LogP contribution is 2.24. The molecule has 30 heavy (non-hydrogen) atoms. The molecule has 0 aliphatic heterocycles. The lowest BCUT2D eigenvalue weighted by atomic mass is 9.91. The minimum atomic E-state index is -0.405. The Morgan fingerprint density at radius 2 is 1.33 bits per heavy atom. The maximum Gasteiger partial charge on any atom is 0.344 e. The predicted octanol–water partition coefficient (Wildman–Crippen LogP) is 4.83. The lowest BCUT2D eigenvalue weighted by Gasteiger charge is -2.17. The van der Waals surface area contributed by atoms with E-state index in [1.807, 2.05) is 58.9 Å². The first-order valence-corrected chi connectivity index (χ1v) is 10.2. The molecule has 0 saturated carbocycles. The van der Waals surface area contributed by atoms with Crippen molar-refractivity contribution < 1.29 is 23.8 Å². The molecule has 0 heterocycles. The smallest absolute Gasteiger partial charge is 0.344 e. The van der Waals surface area contributed by atoms with Crippen LogP contribution >= 0.6 is 0 Å². The van der Waals surface area contributed by atoms with Gasteiger partial charge in [-0.1, -0.05) is 45.0 Å². The van der Waals surface area contributed by atoms with Crippen LogP contribution < -0.4 is 9.47 Å². The van der Waals surface area contributed by atoms with Crippen LogP contribution in [-0.4, -0.2) is 31.6 Å². The van der Waals surface area contributed by atoms with Crippen molar-refractivity contribution in [2.45, 2.75) is 48.0 Å². The number of benzene rings is 2. The second-order valence-electron chi connectivity index (χ2n) is 8.43. The Morgan fingerprint density at radius 1 is 0.833 bits per heavy atom. The lowest BCUT2D eigenvalue weighted by Crippen LogP contribution is -2.26. The van der Waals surface area contributed by atoms with E-state index >= 15 is 0 Å². The minimum Gasteiger partial charge on any atom is -0.486 e. The molecule has 0 unspecified atom stereocenters. The first-order valence-electron chi connectivity index (χ1n) is 10.2. The molecule has 0 aromatic heterocycles. The SMILES string of the molecule is CCOC(=O)COc1ccc(Cc2ccc(OCC(=O)C(C)(C)C)c(C)c2)cc1C. The molecule has 0 atom stereocenters. The van der Waals surface area contributed by atoms with Crippen LogP contribution in [0.3, 0.4) is 0 Å². The average Bonchev–Trinajstić information content (AvgIpc) is 2.66. The van der Waals surface area contributed by atoms with Crippen molar-refractivity contribution in [3.05, 3.63) is 58.7 Å². The second-order valence-corrected chi connectivity index (χ2v) is 8.43. The molecule has 5 heteroatoms. The van der Waals surface area contributed by atoms with E-state index in [2.05, 4.69) is 12.1 Å². The fourth-order valence-electron chi connectivity index (χ4n) is 2.90. The number of esters is 1. The molecule has 0 radical (unpaired) electrons. The molecular formula is C25H32O5. The van der Waals surface area contributed by atoms with Crippen molar-refractivity contribution in [2.75, 3.05) is 19.8 Å². The Bertz CT molecular complexity index is 893. The zero-order valence-electron chi connectivity index (χ0n) is 18.8. The number of ether oxygens (including phenoxy) is 3. The molecule has 0 aliphatic rings. The van der Waals surface area contributed by atoms with Crippen molar-refractivity contribution >= 4 is 11.8 Å². The summed E-state index contributed by atoms with van der Waals surface area (Å²) in [5.41, 5.74) is 3.86. The molecule has 0 saturated heterocycles. The molecule has 162 valence electrons. The van der Waals surface area contributed by atoms with E-state index in [0.717, 1.165) is 34.4 Å². The van der Waals surface area contributed by atoms with Gasteiger partial charge in [0.25, 0.3) is 0 Å². The van der Waals surface area contributed by atoms with Crippen LogP contribution in [0.5, 0.6) is 11.5 Å².